The number of amides is 1. The van der Waals surface area contributed by atoms with Gasteiger partial charge in [0.05, 0.1) is 6.54 Å². The number of carbonyl (C=O) groups is 1. The Morgan fingerprint density at radius 3 is 2.16 bits per heavy atom. The summed E-state index contributed by atoms with van der Waals surface area (Å²) in [6, 6.07) is 12.3. The topological polar surface area (TPSA) is 44.4 Å². The first kappa shape index (κ1) is 18.8. The van der Waals surface area contributed by atoms with Gasteiger partial charge in [0, 0.05) is 30.2 Å². The van der Waals surface area contributed by atoms with Gasteiger partial charge < -0.3 is 15.5 Å². The molecule has 2 aromatic carbocycles. The summed E-state index contributed by atoms with van der Waals surface area (Å²) >= 11 is 0. The molecule has 2 rings (SSSR count). The van der Waals surface area contributed by atoms with Crippen LogP contribution in [0.5, 0.6) is 0 Å². The minimum Gasteiger partial charge on any atom is -0.376 e. The quantitative estimate of drug-likeness (QED) is 0.780. The Balaban J connectivity index is 1.98. The van der Waals surface area contributed by atoms with E-state index in [2.05, 4.69) is 54.5 Å². The van der Waals surface area contributed by atoms with Crippen molar-refractivity contribution >= 4 is 23.0 Å². The number of anilines is 3. The number of nitrogens with one attached hydrogen (secondary N) is 2. The fraction of sp³-hybridized carbons (Fsp3) is 0.381. The molecule has 0 radical (unpaired) electrons. The molecule has 0 aliphatic heterocycles. The van der Waals surface area contributed by atoms with Crippen molar-refractivity contribution in [1.82, 2.24) is 0 Å². The van der Waals surface area contributed by atoms with Gasteiger partial charge in [0.15, 0.2) is 0 Å². The van der Waals surface area contributed by atoms with E-state index in [9.17, 15) is 4.79 Å². The SMILES string of the molecule is CCN(CC)c1ccc(NC(=O)CNc2ccc(C)cc2C)c(C)c1. The zero-order chi connectivity index (χ0) is 18.4. The fourth-order valence-corrected chi connectivity index (χ4v) is 2.96. The van der Waals surface area contributed by atoms with Crippen LogP contribution in [0.2, 0.25) is 0 Å². The van der Waals surface area contributed by atoms with Crippen molar-refractivity contribution in [3.8, 4) is 0 Å². The minimum absolute atomic E-state index is 0.0429. The van der Waals surface area contributed by atoms with E-state index in [0.29, 0.717) is 0 Å². The Morgan fingerprint density at radius 2 is 1.56 bits per heavy atom. The van der Waals surface area contributed by atoms with Crippen LogP contribution >= 0.6 is 0 Å². The molecule has 2 N–H and O–H groups in total. The van der Waals surface area contributed by atoms with Crippen LogP contribution in [0.4, 0.5) is 17.1 Å². The molecule has 1 amide bonds. The van der Waals surface area contributed by atoms with E-state index >= 15 is 0 Å². The molecule has 4 heteroatoms. The molecule has 0 spiro atoms. The third kappa shape index (κ3) is 4.99. The second kappa shape index (κ2) is 8.56. The van der Waals surface area contributed by atoms with E-state index in [-0.39, 0.29) is 12.5 Å². The van der Waals surface area contributed by atoms with Gasteiger partial charge in [-0.25, -0.2) is 0 Å². The number of nitrogens with zero attached hydrogens (tertiary/aromatic N) is 1. The normalized spacial score (nSPS) is 10.4. The average Bonchev–Trinajstić information content (AvgIpc) is 2.57. The van der Waals surface area contributed by atoms with Gasteiger partial charge in [0.25, 0.3) is 0 Å². The minimum atomic E-state index is -0.0429. The molecular weight excluding hydrogens is 310 g/mol. The smallest absolute Gasteiger partial charge is 0.243 e. The van der Waals surface area contributed by atoms with Crippen molar-refractivity contribution in [2.24, 2.45) is 0 Å². The average molecular weight is 339 g/mol. The molecule has 0 aliphatic rings. The van der Waals surface area contributed by atoms with E-state index < -0.39 is 0 Å². The molecule has 134 valence electrons. The van der Waals surface area contributed by atoms with E-state index in [1.54, 1.807) is 0 Å². The standard InChI is InChI=1S/C21H29N3O/c1-6-24(7-2)18-9-11-20(17(5)13-18)23-21(25)14-22-19-10-8-15(3)12-16(19)4/h8-13,22H,6-7,14H2,1-5H3,(H,23,25). The van der Waals surface area contributed by atoms with Crippen molar-refractivity contribution in [3.63, 3.8) is 0 Å². The van der Waals surface area contributed by atoms with Crippen LogP contribution in [0.25, 0.3) is 0 Å². The first-order valence-corrected chi connectivity index (χ1v) is 8.91. The molecule has 0 aromatic heterocycles. The lowest BCUT2D eigenvalue weighted by atomic mass is 10.1. The van der Waals surface area contributed by atoms with Crippen LogP contribution in [0, 0.1) is 20.8 Å². The highest BCUT2D eigenvalue weighted by molar-refractivity contribution is 5.94. The molecule has 0 heterocycles. The number of carbonyl (C=O) groups excluding carboxylic acids is 1. The van der Waals surface area contributed by atoms with E-state index in [1.807, 2.05) is 32.0 Å². The van der Waals surface area contributed by atoms with Gasteiger partial charge in [-0.1, -0.05) is 17.7 Å². The summed E-state index contributed by atoms with van der Waals surface area (Å²) in [5.74, 6) is -0.0429. The summed E-state index contributed by atoms with van der Waals surface area (Å²) in [7, 11) is 0. The van der Waals surface area contributed by atoms with Crippen molar-refractivity contribution in [2.75, 3.05) is 35.2 Å². The van der Waals surface area contributed by atoms with Gasteiger partial charge in [-0.2, -0.15) is 0 Å². The first-order valence-electron chi connectivity index (χ1n) is 8.91. The maximum atomic E-state index is 12.3. The third-order valence-electron chi connectivity index (χ3n) is 4.43. The lowest BCUT2D eigenvalue weighted by Gasteiger charge is -2.22. The fourth-order valence-electron chi connectivity index (χ4n) is 2.96. The molecule has 0 saturated heterocycles. The Kier molecular flexibility index (Phi) is 6.45. The van der Waals surface area contributed by atoms with Crippen molar-refractivity contribution in [1.29, 1.82) is 0 Å². The molecule has 0 atom stereocenters. The predicted octanol–water partition coefficient (Wildman–Crippen LogP) is 4.51. The Labute approximate surface area is 151 Å². The summed E-state index contributed by atoms with van der Waals surface area (Å²) in [4.78, 5) is 14.6. The second-order valence-electron chi connectivity index (χ2n) is 6.39. The molecule has 25 heavy (non-hydrogen) atoms. The summed E-state index contributed by atoms with van der Waals surface area (Å²) in [6.07, 6.45) is 0. The van der Waals surface area contributed by atoms with Crippen LogP contribution in [0.3, 0.4) is 0 Å². The maximum Gasteiger partial charge on any atom is 0.243 e. The third-order valence-corrected chi connectivity index (χ3v) is 4.43. The monoisotopic (exact) mass is 339 g/mol. The maximum absolute atomic E-state index is 12.3. The van der Waals surface area contributed by atoms with Gasteiger partial charge in [0.2, 0.25) is 5.91 Å². The number of aryl methyl sites for hydroxylation is 3. The van der Waals surface area contributed by atoms with Crippen molar-refractivity contribution in [3.05, 3.63) is 53.1 Å². The van der Waals surface area contributed by atoms with Crippen molar-refractivity contribution < 1.29 is 4.79 Å². The van der Waals surface area contributed by atoms with Crippen LogP contribution in [0.1, 0.15) is 30.5 Å². The van der Waals surface area contributed by atoms with Gasteiger partial charge in [-0.3, -0.25) is 4.79 Å². The van der Waals surface area contributed by atoms with Gasteiger partial charge in [-0.05, 0) is 70.0 Å². The molecule has 4 nitrogen and oxygen atoms in total. The highest BCUT2D eigenvalue weighted by atomic mass is 16.1. The molecule has 2 aromatic rings. The van der Waals surface area contributed by atoms with Gasteiger partial charge in [-0.15, -0.1) is 0 Å². The molecule has 0 fully saturated rings. The van der Waals surface area contributed by atoms with Crippen LogP contribution in [-0.4, -0.2) is 25.5 Å². The highest BCUT2D eigenvalue weighted by Gasteiger charge is 2.08. The second-order valence-corrected chi connectivity index (χ2v) is 6.39. The molecule has 0 unspecified atom stereocenters. The molecule has 0 aliphatic carbocycles. The van der Waals surface area contributed by atoms with Gasteiger partial charge in [0.1, 0.15) is 0 Å². The highest BCUT2D eigenvalue weighted by Crippen LogP contribution is 2.23. The number of hydrogen-bond acceptors (Lipinski definition) is 3. The first-order chi connectivity index (χ1) is 11.9. The van der Waals surface area contributed by atoms with Crippen LogP contribution in [-0.2, 0) is 4.79 Å². The van der Waals surface area contributed by atoms with E-state index in [1.165, 1.54) is 11.3 Å². The van der Waals surface area contributed by atoms with Crippen LogP contribution < -0.4 is 15.5 Å². The molecule has 0 saturated carbocycles. The summed E-state index contributed by atoms with van der Waals surface area (Å²) in [6.45, 7) is 12.6. The zero-order valence-electron chi connectivity index (χ0n) is 15.9. The Morgan fingerprint density at radius 1 is 0.920 bits per heavy atom. The summed E-state index contributed by atoms with van der Waals surface area (Å²) in [5, 5.41) is 6.20. The number of benzene rings is 2. The number of hydrogen-bond donors (Lipinski definition) is 2. The molecule has 0 bridgehead atoms. The van der Waals surface area contributed by atoms with Crippen molar-refractivity contribution in [2.45, 2.75) is 34.6 Å². The van der Waals surface area contributed by atoms with Crippen LogP contribution in [0.15, 0.2) is 36.4 Å². The van der Waals surface area contributed by atoms with E-state index in [4.69, 9.17) is 0 Å². The van der Waals surface area contributed by atoms with Gasteiger partial charge >= 0.3 is 0 Å². The number of rotatable bonds is 7. The molecular formula is C21H29N3O. The lowest BCUT2D eigenvalue weighted by molar-refractivity contribution is -0.114. The summed E-state index contributed by atoms with van der Waals surface area (Å²) < 4.78 is 0. The zero-order valence-corrected chi connectivity index (χ0v) is 15.9. The Hall–Kier alpha value is -2.49. The predicted molar refractivity (Wildman–Crippen MR) is 108 cm³/mol. The summed E-state index contributed by atoms with van der Waals surface area (Å²) in [5.41, 5.74) is 6.49. The van der Waals surface area contributed by atoms with E-state index in [0.717, 1.165) is 35.6 Å². The largest absolute Gasteiger partial charge is 0.376 e. The Bertz CT molecular complexity index is 736. The lowest BCUT2D eigenvalue weighted by Crippen LogP contribution is -2.23.